The van der Waals surface area contributed by atoms with E-state index in [-0.39, 0.29) is 12.6 Å². The lowest BCUT2D eigenvalue weighted by Gasteiger charge is -2.31. The number of hydrogen-bond acceptors (Lipinski definition) is 5. The fourth-order valence-electron chi connectivity index (χ4n) is 2.71. The van der Waals surface area contributed by atoms with Crippen LogP contribution in [0.5, 0.6) is 0 Å². The molecule has 1 aliphatic rings. The van der Waals surface area contributed by atoms with Gasteiger partial charge in [0.1, 0.15) is 0 Å². The summed E-state index contributed by atoms with van der Waals surface area (Å²) in [4.78, 5) is 17.3. The number of nitrogens with zero attached hydrogens (tertiary/aromatic N) is 3. The molecule has 1 aromatic carbocycles. The van der Waals surface area contributed by atoms with Gasteiger partial charge >= 0.3 is 5.97 Å². The molecular formula is C15H17N3O3. The lowest BCUT2D eigenvalue weighted by atomic mass is 10.0. The molecule has 0 aliphatic carbocycles. The van der Waals surface area contributed by atoms with Gasteiger partial charge in [0, 0.05) is 5.56 Å². The molecule has 2 aromatic rings. The molecule has 3 rings (SSSR count). The molecule has 1 aliphatic heterocycles. The number of rotatable bonds is 4. The predicted molar refractivity (Wildman–Crippen MR) is 75.5 cm³/mol. The summed E-state index contributed by atoms with van der Waals surface area (Å²) in [5.74, 6) is 0.228. The van der Waals surface area contributed by atoms with Crippen LogP contribution >= 0.6 is 0 Å². The van der Waals surface area contributed by atoms with Crippen molar-refractivity contribution in [2.75, 3.05) is 13.1 Å². The predicted octanol–water partition coefficient (Wildman–Crippen LogP) is 2.35. The Labute approximate surface area is 122 Å². The monoisotopic (exact) mass is 287 g/mol. The van der Waals surface area contributed by atoms with Crippen molar-refractivity contribution >= 4 is 5.97 Å². The lowest BCUT2D eigenvalue weighted by Crippen LogP contribution is -2.37. The molecule has 1 N–H and O–H groups in total. The van der Waals surface area contributed by atoms with E-state index in [1.54, 1.807) is 0 Å². The highest BCUT2D eigenvalue weighted by atomic mass is 16.5. The zero-order valence-corrected chi connectivity index (χ0v) is 11.6. The van der Waals surface area contributed by atoms with Gasteiger partial charge in [-0.25, -0.2) is 0 Å². The third kappa shape index (κ3) is 3.11. The van der Waals surface area contributed by atoms with E-state index in [9.17, 15) is 4.79 Å². The number of benzene rings is 1. The standard InChI is InChI=1S/C15H17N3O3/c19-13(20)10-18-9-5-4-8-12(18)15-16-14(17-21-15)11-6-2-1-3-7-11/h1-3,6-7,12H,4-5,8-10H2,(H,19,20)/t12-/m1/s1. The number of carboxylic acids is 1. The Morgan fingerprint density at radius 1 is 1.33 bits per heavy atom. The molecule has 0 amide bonds. The molecule has 0 bridgehead atoms. The number of carboxylic acid groups (broad SMARTS) is 1. The molecule has 1 atom stereocenters. The maximum atomic E-state index is 11.0. The molecular weight excluding hydrogens is 270 g/mol. The summed E-state index contributed by atoms with van der Waals surface area (Å²) in [5, 5.41) is 13.0. The number of piperidine rings is 1. The minimum Gasteiger partial charge on any atom is -0.480 e. The Balaban J connectivity index is 1.82. The van der Waals surface area contributed by atoms with Crippen LogP contribution in [0.1, 0.15) is 31.2 Å². The van der Waals surface area contributed by atoms with E-state index in [0.717, 1.165) is 31.4 Å². The maximum Gasteiger partial charge on any atom is 0.317 e. The Morgan fingerprint density at radius 3 is 2.90 bits per heavy atom. The average Bonchev–Trinajstić information content (AvgIpc) is 2.98. The minimum absolute atomic E-state index is 0.00766. The highest BCUT2D eigenvalue weighted by molar-refractivity contribution is 5.69. The summed E-state index contributed by atoms with van der Waals surface area (Å²) in [6.07, 6.45) is 2.90. The first kappa shape index (κ1) is 13.8. The molecule has 1 fully saturated rings. The molecule has 0 unspecified atom stereocenters. The first-order chi connectivity index (χ1) is 10.2. The van der Waals surface area contributed by atoms with Crippen LogP contribution < -0.4 is 0 Å². The summed E-state index contributed by atoms with van der Waals surface area (Å²) in [6.45, 7) is 0.758. The van der Waals surface area contributed by atoms with E-state index in [1.165, 1.54) is 0 Å². The molecule has 0 saturated carbocycles. The molecule has 0 radical (unpaired) electrons. The van der Waals surface area contributed by atoms with Crippen LogP contribution in [-0.2, 0) is 4.79 Å². The SMILES string of the molecule is O=C(O)CN1CCCC[C@@H]1c1nc(-c2ccccc2)no1. The second kappa shape index (κ2) is 6.05. The van der Waals surface area contributed by atoms with E-state index in [0.29, 0.717) is 11.7 Å². The summed E-state index contributed by atoms with van der Waals surface area (Å²) >= 11 is 0. The molecule has 110 valence electrons. The van der Waals surface area contributed by atoms with Gasteiger partial charge in [-0.05, 0) is 19.4 Å². The van der Waals surface area contributed by atoms with Crippen LogP contribution in [0.15, 0.2) is 34.9 Å². The number of carbonyl (C=O) groups is 1. The zero-order valence-electron chi connectivity index (χ0n) is 11.6. The molecule has 1 saturated heterocycles. The molecule has 21 heavy (non-hydrogen) atoms. The topological polar surface area (TPSA) is 79.5 Å². The zero-order chi connectivity index (χ0) is 14.7. The van der Waals surface area contributed by atoms with Gasteiger partial charge in [-0.3, -0.25) is 9.69 Å². The van der Waals surface area contributed by atoms with Gasteiger partial charge in [0.15, 0.2) is 0 Å². The first-order valence-corrected chi connectivity index (χ1v) is 7.09. The fraction of sp³-hybridized carbons (Fsp3) is 0.400. The number of likely N-dealkylation sites (tertiary alicyclic amines) is 1. The van der Waals surface area contributed by atoms with E-state index in [4.69, 9.17) is 9.63 Å². The van der Waals surface area contributed by atoms with Crippen molar-refractivity contribution in [1.29, 1.82) is 0 Å². The largest absolute Gasteiger partial charge is 0.480 e. The summed E-state index contributed by atoms with van der Waals surface area (Å²) in [7, 11) is 0. The van der Waals surface area contributed by atoms with Gasteiger partial charge in [-0.2, -0.15) is 4.98 Å². The van der Waals surface area contributed by atoms with Crippen molar-refractivity contribution in [3.8, 4) is 11.4 Å². The van der Waals surface area contributed by atoms with Gasteiger partial charge in [0.2, 0.25) is 11.7 Å². The Kier molecular flexibility index (Phi) is 3.96. The average molecular weight is 287 g/mol. The van der Waals surface area contributed by atoms with Crippen molar-refractivity contribution in [3.05, 3.63) is 36.2 Å². The summed E-state index contributed by atoms with van der Waals surface area (Å²) in [6, 6.07) is 9.51. The molecule has 1 aromatic heterocycles. The Hall–Kier alpha value is -2.21. The number of aliphatic carboxylic acids is 1. The van der Waals surface area contributed by atoms with Crippen LogP contribution in [0.25, 0.3) is 11.4 Å². The maximum absolute atomic E-state index is 11.0. The smallest absolute Gasteiger partial charge is 0.317 e. The van der Waals surface area contributed by atoms with Crippen LogP contribution in [-0.4, -0.2) is 39.2 Å². The Morgan fingerprint density at radius 2 is 2.14 bits per heavy atom. The second-order valence-electron chi connectivity index (χ2n) is 5.20. The van der Waals surface area contributed by atoms with Crippen molar-refractivity contribution < 1.29 is 14.4 Å². The van der Waals surface area contributed by atoms with E-state index in [1.807, 2.05) is 35.2 Å². The third-order valence-corrected chi connectivity index (χ3v) is 3.71. The minimum atomic E-state index is -0.829. The highest BCUT2D eigenvalue weighted by Gasteiger charge is 2.30. The normalized spacial score (nSPS) is 19.5. The first-order valence-electron chi connectivity index (χ1n) is 7.09. The molecule has 6 heteroatoms. The third-order valence-electron chi connectivity index (χ3n) is 3.71. The van der Waals surface area contributed by atoms with Gasteiger partial charge in [-0.1, -0.05) is 41.9 Å². The quantitative estimate of drug-likeness (QED) is 0.929. The number of hydrogen-bond donors (Lipinski definition) is 1. The molecule has 6 nitrogen and oxygen atoms in total. The van der Waals surface area contributed by atoms with Gasteiger partial charge in [-0.15, -0.1) is 0 Å². The van der Waals surface area contributed by atoms with Crippen molar-refractivity contribution in [2.24, 2.45) is 0 Å². The van der Waals surface area contributed by atoms with Crippen LogP contribution in [0.3, 0.4) is 0 Å². The fourth-order valence-corrected chi connectivity index (χ4v) is 2.71. The van der Waals surface area contributed by atoms with Crippen molar-refractivity contribution in [2.45, 2.75) is 25.3 Å². The Bertz CT molecular complexity index is 612. The van der Waals surface area contributed by atoms with Crippen LogP contribution in [0, 0.1) is 0 Å². The van der Waals surface area contributed by atoms with Crippen LogP contribution in [0.2, 0.25) is 0 Å². The van der Waals surface area contributed by atoms with Crippen molar-refractivity contribution in [3.63, 3.8) is 0 Å². The van der Waals surface area contributed by atoms with Gasteiger partial charge < -0.3 is 9.63 Å². The van der Waals surface area contributed by atoms with Gasteiger partial charge in [0.25, 0.3) is 0 Å². The lowest BCUT2D eigenvalue weighted by molar-refractivity contribution is -0.139. The van der Waals surface area contributed by atoms with Gasteiger partial charge in [0.05, 0.1) is 12.6 Å². The summed E-state index contributed by atoms with van der Waals surface area (Å²) in [5.41, 5.74) is 0.896. The molecule has 2 heterocycles. The van der Waals surface area contributed by atoms with E-state index in [2.05, 4.69) is 10.1 Å². The molecule has 0 spiro atoms. The number of aromatic nitrogens is 2. The second-order valence-corrected chi connectivity index (χ2v) is 5.20. The highest BCUT2D eigenvalue weighted by Crippen LogP contribution is 2.30. The van der Waals surface area contributed by atoms with Crippen molar-refractivity contribution in [1.82, 2.24) is 15.0 Å². The summed E-state index contributed by atoms with van der Waals surface area (Å²) < 4.78 is 5.37. The van der Waals surface area contributed by atoms with E-state index >= 15 is 0 Å². The van der Waals surface area contributed by atoms with Crippen LogP contribution in [0.4, 0.5) is 0 Å². The van der Waals surface area contributed by atoms with E-state index < -0.39 is 5.97 Å².